The Morgan fingerprint density at radius 1 is 1.17 bits per heavy atom. The zero-order valence-corrected chi connectivity index (χ0v) is 24.1. The van der Waals surface area contributed by atoms with Gasteiger partial charge in [-0.25, -0.2) is 9.78 Å². The van der Waals surface area contributed by atoms with Crippen LogP contribution in [0.25, 0.3) is 11.4 Å². The molecule has 1 fully saturated rings. The van der Waals surface area contributed by atoms with Gasteiger partial charge in [0.05, 0.1) is 38.3 Å². The fourth-order valence-electron chi connectivity index (χ4n) is 6.08. The first kappa shape index (κ1) is 27.2. The van der Waals surface area contributed by atoms with E-state index in [-0.39, 0.29) is 11.4 Å². The van der Waals surface area contributed by atoms with Crippen molar-refractivity contribution >= 4 is 11.5 Å². The molecular formula is C32H36N4O5. The molecule has 9 heteroatoms. The fraction of sp³-hybridized carbons (Fsp3) is 0.406. The second-order valence-corrected chi connectivity index (χ2v) is 11.1. The van der Waals surface area contributed by atoms with Crippen LogP contribution in [0.1, 0.15) is 63.6 Å². The molecule has 0 bridgehead atoms. The lowest BCUT2D eigenvalue weighted by Gasteiger charge is -2.41. The van der Waals surface area contributed by atoms with Gasteiger partial charge >= 0.3 is 5.97 Å². The normalized spacial score (nSPS) is 17.6. The van der Waals surface area contributed by atoms with E-state index in [1.165, 1.54) is 51.4 Å². The summed E-state index contributed by atoms with van der Waals surface area (Å²) in [6.45, 7) is 10.8. The number of ether oxygens (including phenoxy) is 3. The summed E-state index contributed by atoms with van der Waals surface area (Å²) in [6.07, 6.45) is 6.32. The Morgan fingerprint density at radius 3 is 2.73 bits per heavy atom. The number of methoxy groups -OCH3 is 1. The molecule has 0 saturated carbocycles. The van der Waals surface area contributed by atoms with Gasteiger partial charge in [-0.2, -0.15) is 9.78 Å². The molecule has 6 rings (SSSR count). The van der Waals surface area contributed by atoms with Crippen LogP contribution in [0.15, 0.2) is 47.9 Å². The number of carbonyl (C=O) groups is 1. The largest absolute Gasteiger partial charge is 0.488 e. The minimum Gasteiger partial charge on any atom is -0.488 e. The van der Waals surface area contributed by atoms with Gasteiger partial charge in [0.15, 0.2) is 5.82 Å². The number of carboxylic acids is 1. The molecule has 0 radical (unpaired) electrons. The van der Waals surface area contributed by atoms with E-state index in [1.54, 1.807) is 6.07 Å². The Hall–Kier alpha value is -3.95. The van der Waals surface area contributed by atoms with Gasteiger partial charge in [-0.1, -0.05) is 18.2 Å². The van der Waals surface area contributed by atoms with E-state index in [2.05, 4.69) is 42.9 Å². The van der Waals surface area contributed by atoms with Crippen molar-refractivity contribution < 1.29 is 24.1 Å². The molecule has 1 aromatic carbocycles. The van der Waals surface area contributed by atoms with Gasteiger partial charge in [0.1, 0.15) is 17.9 Å². The lowest BCUT2D eigenvalue weighted by Crippen LogP contribution is -2.50. The maximum atomic E-state index is 11.6. The number of hydrogen-bond donors (Lipinski definition) is 1. The van der Waals surface area contributed by atoms with E-state index in [0.717, 1.165) is 62.6 Å². The molecule has 3 aromatic rings. The number of hydrogen-bond acceptors (Lipinski definition) is 7. The number of aromatic carboxylic acids is 1. The highest BCUT2D eigenvalue weighted by Gasteiger charge is 2.30. The van der Waals surface area contributed by atoms with Crippen molar-refractivity contribution in [3.8, 4) is 11.7 Å². The van der Waals surface area contributed by atoms with Crippen molar-refractivity contribution in [1.29, 1.82) is 0 Å². The number of benzene rings is 1. The first-order valence-electron chi connectivity index (χ1n) is 14.1. The lowest BCUT2D eigenvalue weighted by molar-refractivity contribution is -0.0695. The number of carboxylic acid groups (broad SMARTS) is 1. The van der Waals surface area contributed by atoms with Crippen LogP contribution in [0.5, 0.6) is 5.88 Å². The standard InChI is InChI=1S/C32H36N4O5/c1-19-7-5-8-25(28-9-6-10-29(34-28)36-31(39-4)26(14-33-36)32(37)38)30(19)41-16-22-13-20(2)27-15-35(23-17-40-18-23)12-11-24(27)21(22)3/h6,8-10,13-14,23H,5,7,11-12,15-18H2,1-4H3,(H,37,38). The number of allylic oxidation sites excluding steroid dienone is 3. The average Bonchev–Trinajstić information content (AvgIpc) is 3.38. The van der Waals surface area contributed by atoms with Crippen LogP contribution in [0.4, 0.5) is 0 Å². The third-order valence-electron chi connectivity index (χ3n) is 8.56. The Bertz CT molecular complexity index is 1570. The molecule has 0 unspecified atom stereocenters. The summed E-state index contributed by atoms with van der Waals surface area (Å²) in [6, 6.07) is 8.46. The molecule has 0 spiro atoms. The average molecular weight is 557 g/mol. The van der Waals surface area contributed by atoms with Gasteiger partial charge in [-0.15, -0.1) is 0 Å². The number of pyridine rings is 1. The van der Waals surface area contributed by atoms with E-state index in [1.807, 2.05) is 12.1 Å². The Balaban J connectivity index is 1.25. The molecule has 2 aromatic heterocycles. The van der Waals surface area contributed by atoms with Crippen LogP contribution in [0, 0.1) is 13.8 Å². The lowest BCUT2D eigenvalue weighted by atomic mass is 9.88. The molecule has 0 amide bonds. The van der Waals surface area contributed by atoms with Gasteiger partial charge in [0.2, 0.25) is 5.88 Å². The zero-order chi connectivity index (χ0) is 28.7. The molecule has 3 aliphatic rings. The Morgan fingerprint density at radius 2 is 2.00 bits per heavy atom. The number of aryl methyl sites for hydroxylation is 1. The third-order valence-corrected chi connectivity index (χ3v) is 8.56. The third kappa shape index (κ3) is 5.04. The molecule has 1 saturated heterocycles. The number of fused-ring (bicyclic) bond motifs is 1. The molecular weight excluding hydrogens is 520 g/mol. The predicted octanol–water partition coefficient (Wildman–Crippen LogP) is 5.02. The van der Waals surface area contributed by atoms with Crippen LogP contribution in [-0.2, 0) is 29.0 Å². The summed E-state index contributed by atoms with van der Waals surface area (Å²) in [5, 5.41) is 13.7. The first-order valence-corrected chi connectivity index (χ1v) is 14.1. The summed E-state index contributed by atoms with van der Waals surface area (Å²) in [4.78, 5) is 19.0. The minimum atomic E-state index is -1.11. The van der Waals surface area contributed by atoms with Crippen LogP contribution < -0.4 is 4.74 Å². The van der Waals surface area contributed by atoms with Gasteiger partial charge in [0.25, 0.3) is 0 Å². The van der Waals surface area contributed by atoms with Crippen molar-refractivity contribution in [2.45, 2.75) is 59.2 Å². The van der Waals surface area contributed by atoms with E-state index in [4.69, 9.17) is 19.2 Å². The van der Waals surface area contributed by atoms with E-state index in [0.29, 0.717) is 18.5 Å². The van der Waals surface area contributed by atoms with Crippen LogP contribution in [-0.4, -0.2) is 63.7 Å². The van der Waals surface area contributed by atoms with Crippen molar-refractivity contribution in [2.75, 3.05) is 26.9 Å². The Labute approximate surface area is 240 Å². The highest BCUT2D eigenvalue weighted by Crippen LogP contribution is 2.35. The van der Waals surface area contributed by atoms with Crippen LogP contribution in [0.2, 0.25) is 0 Å². The monoisotopic (exact) mass is 556 g/mol. The van der Waals surface area contributed by atoms with Crippen molar-refractivity contribution in [3.63, 3.8) is 0 Å². The highest BCUT2D eigenvalue weighted by molar-refractivity contribution is 5.90. The quantitative estimate of drug-likeness (QED) is 0.413. The molecule has 2 aliphatic heterocycles. The smallest absolute Gasteiger partial charge is 0.342 e. The second-order valence-electron chi connectivity index (χ2n) is 11.1. The number of rotatable bonds is 8. The highest BCUT2D eigenvalue weighted by atomic mass is 16.5. The fourth-order valence-corrected chi connectivity index (χ4v) is 6.08. The maximum Gasteiger partial charge on any atom is 0.342 e. The predicted molar refractivity (Wildman–Crippen MR) is 154 cm³/mol. The molecule has 4 heterocycles. The number of nitrogens with zero attached hydrogens (tertiary/aromatic N) is 4. The van der Waals surface area contributed by atoms with Gasteiger partial charge < -0.3 is 19.3 Å². The summed E-state index contributed by atoms with van der Waals surface area (Å²) in [5.41, 5.74) is 9.64. The van der Waals surface area contributed by atoms with Crippen molar-refractivity contribution in [1.82, 2.24) is 19.7 Å². The molecule has 41 heavy (non-hydrogen) atoms. The maximum absolute atomic E-state index is 11.6. The zero-order valence-electron chi connectivity index (χ0n) is 24.1. The van der Waals surface area contributed by atoms with E-state index < -0.39 is 5.97 Å². The SMILES string of the molecule is COc1c(C(=O)O)cnn1-c1cccc(C2=CCCC(C)=C2OCc2cc(C)c3c(c2C)CCN(C2COC2)C3)n1. The van der Waals surface area contributed by atoms with Gasteiger partial charge in [-0.3, -0.25) is 4.90 Å². The van der Waals surface area contributed by atoms with Crippen molar-refractivity contribution in [3.05, 3.63) is 86.9 Å². The van der Waals surface area contributed by atoms with Crippen LogP contribution >= 0.6 is 0 Å². The topological polar surface area (TPSA) is 98.9 Å². The first-order chi connectivity index (χ1) is 19.9. The summed E-state index contributed by atoms with van der Waals surface area (Å²) in [5.74, 6) is 0.348. The summed E-state index contributed by atoms with van der Waals surface area (Å²) < 4.78 is 18.8. The minimum absolute atomic E-state index is 0.0168. The molecule has 214 valence electrons. The second kappa shape index (κ2) is 11.1. The molecule has 0 atom stereocenters. The summed E-state index contributed by atoms with van der Waals surface area (Å²) in [7, 11) is 1.43. The number of aromatic nitrogens is 3. The van der Waals surface area contributed by atoms with Crippen molar-refractivity contribution in [2.24, 2.45) is 0 Å². The molecule has 9 nitrogen and oxygen atoms in total. The van der Waals surface area contributed by atoms with Crippen LogP contribution in [0.3, 0.4) is 0 Å². The molecule has 1 aliphatic carbocycles. The van der Waals surface area contributed by atoms with Gasteiger partial charge in [0, 0.05) is 18.7 Å². The van der Waals surface area contributed by atoms with E-state index in [9.17, 15) is 9.90 Å². The summed E-state index contributed by atoms with van der Waals surface area (Å²) >= 11 is 0. The Kier molecular flexibility index (Phi) is 7.40. The molecule has 1 N–H and O–H groups in total. The van der Waals surface area contributed by atoms with E-state index >= 15 is 0 Å². The van der Waals surface area contributed by atoms with Gasteiger partial charge in [-0.05, 0) is 85.6 Å².